The van der Waals surface area contributed by atoms with Crippen molar-refractivity contribution in [2.75, 3.05) is 19.6 Å². The van der Waals surface area contributed by atoms with Gasteiger partial charge in [0.05, 0.1) is 11.4 Å². The van der Waals surface area contributed by atoms with Crippen molar-refractivity contribution in [2.24, 2.45) is 0 Å². The summed E-state index contributed by atoms with van der Waals surface area (Å²) in [7, 11) is 0. The fraction of sp³-hybridized carbons (Fsp3) is 0. The van der Waals surface area contributed by atoms with Crippen LogP contribution in [0.3, 0.4) is 0 Å². The highest BCUT2D eigenvalue weighted by molar-refractivity contribution is 6.27. The number of benzene rings is 15. The van der Waals surface area contributed by atoms with Gasteiger partial charge in [-0.1, -0.05) is 218 Å². The molecule has 0 N–H and O–H groups in total. The van der Waals surface area contributed by atoms with E-state index < -0.39 is 0 Å². The number of rotatable bonds is 14. The first kappa shape index (κ1) is 51.4. The maximum absolute atomic E-state index is 2.45. The second-order valence-electron chi connectivity index (χ2n) is 21.6. The van der Waals surface area contributed by atoms with Crippen LogP contribution < -0.4 is 19.6 Å². The lowest BCUT2D eigenvalue weighted by Gasteiger charge is -2.30. The van der Waals surface area contributed by atoms with Gasteiger partial charge in [0.25, 0.3) is 0 Å². The van der Waals surface area contributed by atoms with E-state index >= 15 is 0 Å². The van der Waals surface area contributed by atoms with E-state index in [0.29, 0.717) is 0 Å². The first-order valence-corrected chi connectivity index (χ1v) is 29.4. The Morgan fingerprint density at radius 2 is 0.372 bits per heavy atom. The number of nitrogens with zero attached hydrogens (tertiary/aromatic N) is 4. The maximum atomic E-state index is 2.45. The van der Waals surface area contributed by atoms with E-state index in [0.717, 1.165) is 134 Å². The van der Waals surface area contributed by atoms with E-state index in [1.807, 2.05) is 0 Å². The molecule has 15 aromatic rings. The summed E-state index contributed by atoms with van der Waals surface area (Å²) in [6.45, 7) is 0. The van der Waals surface area contributed by atoms with E-state index in [2.05, 4.69) is 371 Å². The van der Waals surface area contributed by atoms with Crippen molar-refractivity contribution >= 4 is 111 Å². The highest BCUT2D eigenvalue weighted by atomic mass is 15.2. The Morgan fingerprint density at radius 3 is 0.640 bits per heavy atom. The van der Waals surface area contributed by atoms with Crippen molar-refractivity contribution in [1.82, 2.24) is 0 Å². The summed E-state index contributed by atoms with van der Waals surface area (Å²) in [6.07, 6.45) is 0. The van der Waals surface area contributed by atoms with Gasteiger partial charge in [0.15, 0.2) is 0 Å². The summed E-state index contributed by atoms with van der Waals surface area (Å²) in [6, 6.07) is 128. The zero-order chi connectivity index (χ0) is 57.2. The van der Waals surface area contributed by atoms with Crippen molar-refractivity contribution in [2.45, 2.75) is 0 Å². The molecule has 15 aromatic carbocycles. The van der Waals surface area contributed by atoms with Crippen LogP contribution in [0.25, 0.3) is 65.3 Å². The summed E-state index contributed by atoms with van der Waals surface area (Å²) in [4.78, 5) is 9.55. The Morgan fingerprint density at radius 1 is 0.140 bits per heavy atom. The molecule has 0 aliphatic rings. The maximum Gasteiger partial charge on any atom is 0.0540 e. The van der Waals surface area contributed by atoms with Crippen LogP contribution in [0.1, 0.15) is 0 Å². The lowest BCUT2D eigenvalue weighted by molar-refractivity contribution is 1.29. The molecule has 0 aliphatic carbocycles. The molecule has 0 unspecified atom stereocenters. The molecule has 0 fully saturated rings. The monoisotopic (exact) mass is 1100 g/mol. The predicted molar refractivity (Wildman–Crippen MR) is 366 cm³/mol. The molecule has 4 heteroatoms. The van der Waals surface area contributed by atoms with Gasteiger partial charge in [-0.15, -0.1) is 0 Å². The normalized spacial score (nSPS) is 11.3. The van der Waals surface area contributed by atoms with Crippen molar-refractivity contribution in [1.29, 1.82) is 0 Å². The number of anilines is 12. The lowest BCUT2D eigenvalue weighted by Crippen LogP contribution is -2.11. The van der Waals surface area contributed by atoms with Gasteiger partial charge in [-0.05, 0) is 188 Å². The molecule has 0 aromatic heterocycles. The van der Waals surface area contributed by atoms with Crippen molar-refractivity contribution in [3.63, 3.8) is 0 Å². The first-order valence-electron chi connectivity index (χ1n) is 29.4. The van der Waals surface area contributed by atoms with Crippen LogP contribution in [0.4, 0.5) is 68.2 Å². The molecule has 0 heterocycles. The quantitative estimate of drug-likeness (QED) is 0.101. The molecule has 0 bridgehead atoms. The Hall–Kier alpha value is -11.5. The van der Waals surface area contributed by atoms with Gasteiger partial charge in [-0.3, -0.25) is 0 Å². The molecule has 406 valence electrons. The van der Waals surface area contributed by atoms with Crippen LogP contribution in [0.2, 0.25) is 0 Å². The van der Waals surface area contributed by atoms with E-state index in [1.54, 1.807) is 0 Å². The van der Waals surface area contributed by atoms with Crippen molar-refractivity contribution in [3.05, 3.63) is 352 Å². The molecule has 0 atom stereocenters. The van der Waals surface area contributed by atoms with Gasteiger partial charge in [-0.25, -0.2) is 0 Å². The number of hydrogen-bond acceptors (Lipinski definition) is 4. The zero-order valence-electron chi connectivity index (χ0n) is 47.3. The average molecular weight is 1100 g/mol. The molecule has 15 rings (SSSR count). The largest absolute Gasteiger partial charge is 0.310 e. The van der Waals surface area contributed by atoms with E-state index in [9.17, 15) is 0 Å². The topological polar surface area (TPSA) is 13.0 Å². The van der Waals surface area contributed by atoms with E-state index in [-0.39, 0.29) is 0 Å². The average Bonchev–Trinajstić information content (AvgIpc) is 0.915. The van der Waals surface area contributed by atoms with Crippen LogP contribution in [0.15, 0.2) is 352 Å². The second-order valence-corrected chi connectivity index (χ2v) is 21.6. The molecular weight excluding hydrogens is 1040 g/mol. The van der Waals surface area contributed by atoms with Gasteiger partial charge in [0.1, 0.15) is 0 Å². The zero-order valence-corrected chi connectivity index (χ0v) is 47.3. The molecular formula is C82H58N4. The molecule has 86 heavy (non-hydrogen) atoms. The van der Waals surface area contributed by atoms with Gasteiger partial charge in [0.2, 0.25) is 0 Å². The minimum Gasteiger partial charge on any atom is -0.310 e. The number of para-hydroxylation sites is 8. The van der Waals surface area contributed by atoms with Gasteiger partial charge in [-0.2, -0.15) is 0 Å². The highest BCUT2D eigenvalue weighted by Crippen LogP contribution is 2.53. The Kier molecular flexibility index (Phi) is 13.6. The number of fused-ring (bicyclic) bond motifs is 4. The Labute approximate surface area is 502 Å². The fourth-order valence-electron chi connectivity index (χ4n) is 12.8. The molecule has 0 saturated heterocycles. The van der Waals surface area contributed by atoms with Gasteiger partial charge < -0.3 is 19.6 Å². The van der Waals surface area contributed by atoms with E-state index in [1.165, 1.54) is 0 Å². The summed E-state index contributed by atoms with van der Waals surface area (Å²) in [5.74, 6) is 0. The highest BCUT2D eigenvalue weighted by Gasteiger charge is 2.26. The summed E-state index contributed by atoms with van der Waals surface area (Å²) in [5, 5.41) is 9.17. The van der Waals surface area contributed by atoms with Crippen molar-refractivity contribution in [3.8, 4) is 22.3 Å². The Balaban J connectivity index is 1.08. The molecule has 0 aliphatic heterocycles. The summed E-state index contributed by atoms with van der Waals surface area (Å²) >= 11 is 0. The predicted octanol–water partition coefficient (Wildman–Crippen LogP) is 23.5. The standard InChI is InChI=1S/C82H58N4/c1-9-29-59(30-10-1)83(60-31-11-2-12-32-60)67-49-51-75-77(57-67)81(73-53-55-79(71-47-27-25-45-69(71)73)85(63-37-17-5-18-38-63)64-39-19-6-20-40-64)76-52-50-68(84(61-33-13-3-14-34-61)62-35-15-4-16-36-62)58-78(76)82(75)74-54-56-80(72-48-28-26-46-70(72)74)86(65-41-21-7-22-42-65)66-43-23-8-24-44-66/h1-58H. The third-order valence-corrected chi connectivity index (χ3v) is 16.5. The van der Waals surface area contributed by atoms with Gasteiger partial charge in [0, 0.05) is 67.6 Å². The molecule has 4 nitrogen and oxygen atoms in total. The first-order chi connectivity index (χ1) is 42.7. The van der Waals surface area contributed by atoms with Crippen LogP contribution in [-0.2, 0) is 0 Å². The Bertz CT molecular complexity index is 4380. The molecule has 0 spiro atoms. The fourth-order valence-corrected chi connectivity index (χ4v) is 12.8. The third-order valence-electron chi connectivity index (χ3n) is 16.5. The summed E-state index contributed by atoms with van der Waals surface area (Å²) in [5.41, 5.74) is 17.6. The number of hydrogen-bond donors (Lipinski definition) is 0. The van der Waals surface area contributed by atoms with Gasteiger partial charge >= 0.3 is 0 Å². The van der Waals surface area contributed by atoms with Crippen LogP contribution >= 0.6 is 0 Å². The molecule has 0 saturated carbocycles. The van der Waals surface area contributed by atoms with Crippen LogP contribution in [-0.4, -0.2) is 0 Å². The second kappa shape index (κ2) is 22.7. The third kappa shape index (κ3) is 9.42. The molecule has 0 radical (unpaired) electrons. The minimum absolute atomic E-state index is 1.05. The molecule has 0 amide bonds. The van der Waals surface area contributed by atoms with E-state index in [4.69, 9.17) is 0 Å². The SMILES string of the molecule is c1ccc(N(c2ccccc2)c2ccc3c(-c4ccc(N(c5ccccc5)c5ccccc5)c5ccccc45)c4cc(N(c5ccccc5)c5ccccc5)ccc4c(-c4ccc(N(c5ccccc5)c5ccccc5)c5ccccc45)c3c2)cc1. The van der Waals surface area contributed by atoms with Crippen LogP contribution in [0.5, 0.6) is 0 Å². The smallest absolute Gasteiger partial charge is 0.0540 e. The summed E-state index contributed by atoms with van der Waals surface area (Å²) < 4.78 is 0. The van der Waals surface area contributed by atoms with Crippen LogP contribution in [0, 0.1) is 0 Å². The van der Waals surface area contributed by atoms with Crippen molar-refractivity contribution < 1.29 is 0 Å². The minimum atomic E-state index is 1.05. The lowest BCUT2D eigenvalue weighted by atomic mass is 9.82.